The Kier molecular flexibility index (Phi) is 5.05. The SMILES string of the molecule is CN1CCC(OCC(=O)Nc2ncc(-c3ccccc3)[nH]2)CC1. The van der Waals surface area contributed by atoms with Gasteiger partial charge in [-0.2, -0.15) is 0 Å². The van der Waals surface area contributed by atoms with Crippen LogP contribution in [0.25, 0.3) is 11.3 Å². The molecule has 0 unspecified atom stereocenters. The molecule has 0 spiro atoms. The van der Waals surface area contributed by atoms with Crippen molar-refractivity contribution in [2.45, 2.75) is 18.9 Å². The van der Waals surface area contributed by atoms with Crippen molar-refractivity contribution in [3.8, 4) is 11.3 Å². The largest absolute Gasteiger partial charge is 0.368 e. The molecule has 6 nitrogen and oxygen atoms in total. The summed E-state index contributed by atoms with van der Waals surface area (Å²) in [5.74, 6) is 0.263. The van der Waals surface area contributed by atoms with Gasteiger partial charge in [-0.05, 0) is 25.5 Å². The Morgan fingerprint density at radius 3 is 2.83 bits per heavy atom. The molecule has 0 radical (unpaired) electrons. The van der Waals surface area contributed by atoms with Crippen LogP contribution in [0.3, 0.4) is 0 Å². The second-order valence-electron chi connectivity index (χ2n) is 5.87. The number of likely N-dealkylation sites (tertiary alicyclic amines) is 1. The topological polar surface area (TPSA) is 70.2 Å². The number of imidazole rings is 1. The number of H-pyrrole nitrogens is 1. The van der Waals surface area contributed by atoms with E-state index >= 15 is 0 Å². The summed E-state index contributed by atoms with van der Waals surface area (Å²) in [5.41, 5.74) is 1.90. The lowest BCUT2D eigenvalue weighted by Gasteiger charge is -2.28. The first kappa shape index (κ1) is 15.7. The van der Waals surface area contributed by atoms with Crippen LogP contribution in [0.2, 0.25) is 0 Å². The lowest BCUT2D eigenvalue weighted by Crippen LogP contribution is -2.35. The fraction of sp³-hybridized carbons (Fsp3) is 0.412. The number of piperidine rings is 1. The second kappa shape index (κ2) is 7.39. The predicted molar refractivity (Wildman–Crippen MR) is 89.1 cm³/mol. The number of hydrogen-bond donors (Lipinski definition) is 2. The van der Waals surface area contributed by atoms with Crippen LogP contribution < -0.4 is 5.32 Å². The number of ether oxygens (including phenoxy) is 1. The smallest absolute Gasteiger partial charge is 0.252 e. The Bertz CT molecular complexity index is 633. The molecule has 2 N–H and O–H groups in total. The molecule has 23 heavy (non-hydrogen) atoms. The molecule has 1 aliphatic heterocycles. The van der Waals surface area contributed by atoms with Crippen LogP contribution in [0.5, 0.6) is 0 Å². The zero-order chi connectivity index (χ0) is 16.1. The molecule has 0 saturated carbocycles. The van der Waals surface area contributed by atoms with Gasteiger partial charge >= 0.3 is 0 Å². The minimum atomic E-state index is -0.183. The van der Waals surface area contributed by atoms with Gasteiger partial charge in [-0.15, -0.1) is 0 Å². The van der Waals surface area contributed by atoms with E-state index in [0.29, 0.717) is 5.95 Å². The number of benzene rings is 1. The number of aromatic amines is 1. The van der Waals surface area contributed by atoms with Gasteiger partial charge in [-0.25, -0.2) is 4.98 Å². The Hall–Kier alpha value is -2.18. The van der Waals surface area contributed by atoms with Crippen LogP contribution in [0, 0.1) is 0 Å². The van der Waals surface area contributed by atoms with Gasteiger partial charge in [-0.1, -0.05) is 30.3 Å². The summed E-state index contributed by atoms with van der Waals surface area (Å²) in [7, 11) is 2.10. The highest BCUT2D eigenvalue weighted by Crippen LogP contribution is 2.17. The standard InChI is InChI=1S/C17H22N4O2/c1-21-9-7-14(8-10-21)23-12-16(22)20-17-18-11-15(19-17)13-5-3-2-4-6-13/h2-6,11,14H,7-10,12H2,1H3,(H2,18,19,20,22). The van der Waals surface area contributed by atoms with Crippen LogP contribution in [-0.2, 0) is 9.53 Å². The van der Waals surface area contributed by atoms with Gasteiger partial charge in [0.15, 0.2) is 0 Å². The highest BCUT2D eigenvalue weighted by atomic mass is 16.5. The maximum Gasteiger partial charge on any atom is 0.252 e. The quantitative estimate of drug-likeness (QED) is 0.887. The third kappa shape index (κ3) is 4.40. The van der Waals surface area contributed by atoms with Gasteiger partial charge in [0.05, 0.1) is 18.0 Å². The van der Waals surface area contributed by atoms with Gasteiger partial charge in [0.1, 0.15) is 6.61 Å². The normalized spacial score (nSPS) is 16.4. The van der Waals surface area contributed by atoms with Crippen molar-refractivity contribution in [2.75, 3.05) is 32.1 Å². The van der Waals surface area contributed by atoms with Crippen molar-refractivity contribution in [2.24, 2.45) is 0 Å². The molecular weight excluding hydrogens is 292 g/mol. The molecule has 1 aromatic carbocycles. The molecule has 1 aliphatic rings. The van der Waals surface area contributed by atoms with E-state index in [9.17, 15) is 4.79 Å². The highest BCUT2D eigenvalue weighted by molar-refractivity contribution is 5.90. The second-order valence-corrected chi connectivity index (χ2v) is 5.87. The third-order valence-electron chi connectivity index (χ3n) is 4.03. The van der Waals surface area contributed by atoms with Gasteiger partial charge < -0.3 is 14.6 Å². The molecule has 0 aliphatic carbocycles. The van der Waals surface area contributed by atoms with Crippen LogP contribution in [0.1, 0.15) is 12.8 Å². The molecule has 2 aromatic rings. The first-order chi connectivity index (χ1) is 11.2. The first-order valence-corrected chi connectivity index (χ1v) is 7.91. The molecular formula is C17H22N4O2. The molecule has 1 amide bonds. The number of nitrogens with one attached hydrogen (secondary N) is 2. The van der Waals surface area contributed by atoms with Gasteiger partial charge in [0.2, 0.25) is 5.95 Å². The summed E-state index contributed by atoms with van der Waals surface area (Å²) in [6.45, 7) is 2.10. The molecule has 1 aromatic heterocycles. The number of amides is 1. The van der Waals surface area contributed by atoms with Crippen molar-refractivity contribution < 1.29 is 9.53 Å². The summed E-state index contributed by atoms with van der Waals surface area (Å²) in [6, 6.07) is 9.86. The van der Waals surface area contributed by atoms with E-state index in [-0.39, 0.29) is 18.6 Å². The lowest BCUT2D eigenvalue weighted by molar-refractivity contribution is -0.123. The monoisotopic (exact) mass is 314 g/mol. The van der Waals surface area contributed by atoms with Crippen LogP contribution in [-0.4, -0.2) is 53.6 Å². The minimum Gasteiger partial charge on any atom is -0.368 e. The maximum atomic E-state index is 12.0. The lowest BCUT2D eigenvalue weighted by atomic mass is 10.1. The fourth-order valence-electron chi connectivity index (χ4n) is 2.66. The number of rotatable bonds is 5. The molecule has 0 atom stereocenters. The first-order valence-electron chi connectivity index (χ1n) is 7.91. The highest BCUT2D eigenvalue weighted by Gasteiger charge is 2.18. The summed E-state index contributed by atoms with van der Waals surface area (Å²) in [4.78, 5) is 21.5. The van der Waals surface area contributed by atoms with Gasteiger partial charge in [0, 0.05) is 13.1 Å². The summed E-state index contributed by atoms with van der Waals surface area (Å²) in [5, 5.41) is 2.74. The van der Waals surface area contributed by atoms with Crippen LogP contribution in [0.15, 0.2) is 36.5 Å². The Morgan fingerprint density at radius 1 is 1.35 bits per heavy atom. The molecule has 122 valence electrons. The van der Waals surface area contributed by atoms with Crippen molar-refractivity contribution in [1.82, 2.24) is 14.9 Å². The fourth-order valence-corrected chi connectivity index (χ4v) is 2.66. The maximum absolute atomic E-state index is 12.0. The number of aromatic nitrogens is 2. The molecule has 1 saturated heterocycles. The molecule has 1 fully saturated rings. The van der Waals surface area contributed by atoms with E-state index in [1.165, 1.54) is 0 Å². The Morgan fingerprint density at radius 2 is 2.09 bits per heavy atom. The average Bonchev–Trinajstić information content (AvgIpc) is 3.04. The predicted octanol–water partition coefficient (Wildman–Crippen LogP) is 2.13. The van der Waals surface area contributed by atoms with Gasteiger partial charge in [-0.3, -0.25) is 10.1 Å². The van der Waals surface area contributed by atoms with E-state index in [0.717, 1.165) is 37.2 Å². The van der Waals surface area contributed by atoms with E-state index in [4.69, 9.17) is 4.74 Å². The number of carbonyl (C=O) groups is 1. The van der Waals surface area contributed by atoms with Crippen molar-refractivity contribution in [3.05, 3.63) is 36.5 Å². The zero-order valence-corrected chi connectivity index (χ0v) is 13.3. The minimum absolute atomic E-state index is 0.0652. The van der Waals surface area contributed by atoms with E-state index < -0.39 is 0 Å². The van der Waals surface area contributed by atoms with Crippen molar-refractivity contribution in [3.63, 3.8) is 0 Å². The molecule has 2 heterocycles. The Balaban J connectivity index is 1.48. The van der Waals surface area contributed by atoms with E-state index in [1.54, 1.807) is 6.20 Å². The van der Waals surface area contributed by atoms with Crippen molar-refractivity contribution in [1.29, 1.82) is 0 Å². The summed E-state index contributed by atoms with van der Waals surface area (Å²) in [6.07, 6.45) is 3.84. The van der Waals surface area contributed by atoms with Gasteiger partial charge in [0.25, 0.3) is 5.91 Å². The number of anilines is 1. The zero-order valence-electron chi connectivity index (χ0n) is 13.3. The summed E-state index contributed by atoms with van der Waals surface area (Å²) < 4.78 is 5.68. The molecule has 0 bridgehead atoms. The number of hydrogen-bond acceptors (Lipinski definition) is 4. The van der Waals surface area contributed by atoms with Crippen LogP contribution >= 0.6 is 0 Å². The average molecular weight is 314 g/mol. The molecule has 6 heteroatoms. The third-order valence-corrected chi connectivity index (χ3v) is 4.03. The van der Waals surface area contributed by atoms with Crippen LogP contribution in [0.4, 0.5) is 5.95 Å². The number of nitrogens with zero attached hydrogens (tertiary/aromatic N) is 2. The molecule has 3 rings (SSSR count). The Labute approximate surface area is 135 Å². The number of carbonyl (C=O) groups excluding carboxylic acids is 1. The van der Waals surface area contributed by atoms with E-state index in [2.05, 4.69) is 27.2 Å². The summed E-state index contributed by atoms with van der Waals surface area (Å²) >= 11 is 0. The van der Waals surface area contributed by atoms with E-state index in [1.807, 2.05) is 30.3 Å². The van der Waals surface area contributed by atoms with Crippen molar-refractivity contribution >= 4 is 11.9 Å².